The number of cyclic esters (lactones) is 1. The molecule has 2 aliphatic rings. The average molecular weight is 400 g/mol. The summed E-state index contributed by atoms with van der Waals surface area (Å²) in [6, 6.07) is 13.5. The largest absolute Gasteiger partial charge is 0.445 e. The first-order valence-electron chi connectivity index (χ1n) is 8.39. The molecule has 2 aliphatic heterocycles. The van der Waals surface area contributed by atoms with Crippen LogP contribution in [0, 0.1) is 0 Å². The number of nitrogens with zero attached hydrogens (tertiary/aromatic N) is 1. The number of hydrogen-bond acceptors (Lipinski definition) is 3. The number of anilines is 1. The Balaban J connectivity index is 1.69. The summed E-state index contributed by atoms with van der Waals surface area (Å²) in [4.78, 5) is 27.5. The van der Waals surface area contributed by atoms with Crippen molar-refractivity contribution < 1.29 is 14.3 Å². The van der Waals surface area contributed by atoms with Gasteiger partial charge in [0, 0.05) is 23.1 Å². The third kappa shape index (κ3) is 2.76. The minimum absolute atomic E-state index is 0.151. The second-order valence-electron chi connectivity index (χ2n) is 6.79. The van der Waals surface area contributed by atoms with Crippen LogP contribution in [0.2, 0.25) is 0 Å². The number of esters is 1. The number of rotatable bonds is 1. The fourth-order valence-electron chi connectivity index (χ4n) is 3.70. The Morgan fingerprint density at radius 3 is 2.84 bits per heavy atom. The van der Waals surface area contributed by atoms with E-state index in [4.69, 9.17) is 4.74 Å². The standard InChI is InChI=1S/C20H18BrNO3/c1-20(12-14-8-9-15(21)11-16(14)18(23)25-20)19(24)22-10-4-6-13-5-2-3-7-17(13)22/h2-3,5,7-9,11H,4,6,10,12H2,1H3. The summed E-state index contributed by atoms with van der Waals surface area (Å²) in [5.41, 5.74) is 2.29. The summed E-state index contributed by atoms with van der Waals surface area (Å²) in [7, 11) is 0. The van der Waals surface area contributed by atoms with Gasteiger partial charge in [0.2, 0.25) is 0 Å². The molecule has 0 saturated heterocycles. The number of carbonyl (C=O) groups is 2. The van der Waals surface area contributed by atoms with Gasteiger partial charge in [-0.05, 0) is 49.1 Å². The molecule has 25 heavy (non-hydrogen) atoms. The number of ether oxygens (including phenoxy) is 1. The molecule has 0 aromatic heterocycles. The molecule has 4 rings (SSSR count). The highest BCUT2D eigenvalue weighted by Gasteiger charge is 2.45. The number of halogens is 1. The third-order valence-corrected chi connectivity index (χ3v) is 5.44. The number of carbonyl (C=O) groups excluding carboxylic acids is 2. The number of para-hydroxylation sites is 1. The second kappa shape index (κ2) is 5.99. The maximum Gasteiger partial charge on any atom is 0.339 e. The Morgan fingerprint density at radius 1 is 1.20 bits per heavy atom. The SMILES string of the molecule is CC1(C(=O)N2CCCc3ccccc32)Cc2ccc(Br)cc2C(=O)O1. The molecule has 5 heteroatoms. The molecule has 1 atom stereocenters. The van der Waals surface area contributed by atoms with E-state index in [2.05, 4.69) is 22.0 Å². The molecule has 0 bridgehead atoms. The van der Waals surface area contributed by atoms with E-state index in [1.165, 1.54) is 0 Å². The van der Waals surface area contributed by atoms with Crippen LogP contribution in [-0.2, 0) is 22.4 Å². The van der Waals surface area contributed by atoms with Gasteiger partial charge < -0.3 is 9.64 Å². The van der Waals surface area contributed by atoms with E-state index < -0.39 is 11.6 Å². The zero-order valence-electron chi connectivity index (χ0n) is 13.9. The fourth-order valence-corrected chi connectivity index (χ4v) is 4.06. The van der Waals surface area contributed by atoms with Crippen LogP contribution in [0.5, 0.6) is 0 Å². The van der Waals surface area contributed by atoms with Gasteiger partial charge in [0.25, 0.3) is 5.91 Å². The molecule has 2 aromatic carbocycles. The van der Waals surface area contributed by atoms with Gasteiger partial charge in [-0.3, -0.25) is 4.79 Å². The van der Waals surface area contributed by atoms with Gasteiger partial charge in [0.15, 0.2) is 5.60 Å². The lowest BCUT2D eigenvalue weighted by Crippen LogP contribution is -2.54. The van der Waals surface area contributed by atoms with Crippen molar-refractivity contribution in [2.75, 3.05) is 11.4 Å². The predicted molar refractivity (Wildman–Crippen MR) is 98.8 cm³/mol. The molecule has 0 spiro atoms. The van der Waals surface area contributed by atoms with Crippen LogP contribution in [0.15, 0.2) is 46.9 Å². The van der Waals surface area contributed by atoms with E-state index in [9.17, 15) is 9.59 Å². The molecule has 2 heterocycles. The second-order valence-corrected chi connectivity index (χ2v) is 7.70. The molecular weight excluding hydrogens is 382 g/mol. The highest BCUT2D eigenvalue weighted by Crippen LogP contribution is 2.35. The Kier molecular flexibility index (Phi) is 3.91. The zero-order chi connectivity index (χ0) is 17.6. The molecule has 0 saturated carbocycles. The molecule has 128 valence electrons. The van der Waals surface area contributed by atoms with Crippen LogP contribution in [-0.4, -0.2) is 24.0 Å². The van der Waals surface area contributed by atoms with E-state index in [0.29, 0.717) is 18.5 Å². The summed E-state index contributed by atoms with van der Waals surface area (Å²) in [5, 5.41) is 0. The normalized spacial score (nSPS) is 22.0. The molecule has 1 amide bonds. The smallest absolute Gasteiger partial charge is 0.339 e. The Labute approximate surface area is 154 Å². The van der Waals surface area contributed by atoms with Gasteiger partial charge in [-0.15, -0.1) is 0 Å². The molecule has 1 unspecified atom stereocenters. The summed E-state index contributed by atoms with van der Waals surface area (Å²) in [6.45, 7) is 2.37. The zero-order valence-corrected chi connectivity index (χ0v) is 15.5. The lowest BCUT2D eigenvalue weighted by Gasteiger charge is -2.39. The van der Waals surface area contributed by atoms with Gasteiger partial charge in [-0.2, -0.15) is 0 Å². The van der Waals surface area contributed by atoms with Crippen LogP contribution < -0.4 is 4.90 Å². The van der Waals surface area contributed by atoms with Crippen molar-refractivity contribution in [3.63, 3.8) is 0 Å². The highest BCUT2D eigenvalue weighted by molar-refractivity contribution is 9.10. The molecule has 2 aromatic rings. The molecule has 0 N–H and O–H groups in total. The van der Waals surface area contributed by atoms with Crippen LogP contribution in [0.25, 0.3) is 0 Å². The van der Waals surface area contributed by atoms with Crippen molar-refractivity contribution in [1.82, 2.24) is 0 Å². The minimum atomic E-state index is -1.18. The lowest BCUT2D eigenvalue weighted by molar-refractivity contribution is -0.137. The summed E-state index contributed by atoms with van der Waals surface area (Å²) in [5.74, 6) is -0.592. The summed E-state index contributed by atoms with van der Waals surface area (Å²) in [6.07, 6.45) is 2.27. The lowest BCUT2D eigenvalue weighted by atomic mass is 9.88. The quantitative estimate of drug-likeness (QED) is 0.683. The molecule has 0 fully saturated rings. The van der Waals surface area contributed by atoms with E-state index in [0.717, 1.165) is 34.1 Å². The first kappa shape index (κ1) is 16.3. The number of fused-ring (bicyclic) bond motifs is 2. The number of benzene rings is 2. The molecular formula is C20H18BrNO3. The van der Waals surface area contributed by atoms with Gasteiger partial charge in [-0.1, -0.05) is 40.2 Å². The van der Waals surface area contributed by atoms with Crippen molar-refractivity contribution in [2.45, 2.75) is 31.8 Å². The van der Waals surface area contributed by atoms with Crippen LogP contribution in [0.4, 0.5) is 5.69 Å². The Hall–Kier alpha value is -2.14. The van der Waals surface area contributed by atoms with Gasteiger partial charge >= 0.3 is 5.97 Å². The van der Waals surface area contributed by atoms with Gasteiger partial charge in [0.1, 0.15) is 0 Å². The van der Waals surface area contributed by atoms with Crippen LogP contribution >= 0.6 is 15.9 Å². The average Bonchev–Trinajstić information content (AvgIpc) is 2.61. The van der Waals surface area contributed by atoms with Crippen molar-refractivity contribution in [2.24, 2.45) is 0 Å². The minimum Gasteiger partial charge on any atom is -0.445 e. The van der Waals surface area contributed by atoms with E-state index in [1.807, 2.05) is 30.3 Å². The highest BCUT2D eigenvalue weighted by atomic mass is 79.9. The van der Waals surface area contributed by atoms with Gasteiger partial charge in [0.05, 0.1) is 5.56 Å². The first-order chi connectivity index (χ1) is 12.0. The van der Waals surface area contributed by atoms with Crippen molar-refractivity contribution in [3.8, 4) is 0 Å². The number of aryl methyl sites for hydroxylation is 1. The third-order valence-electron chi connectivity index (χ3n) is 4.95. The number of hydrogen-bond donors (Lipinski definition) is 0. The maximum absolute atomic E-state index is 13.3. The van der Waals surface area contributed by atoms with E-state index in [-0.39, 0.29) is 5.91 Å². The molecule has 4 nitrogen and oxygen atoms in total. The topological polar surface area (TPSA) is 46.6 Å². The van der Waals surface area contributed by atoms with E-state index >= 15 is 0 Å². The monoisotopic (exact) mass is 399 g/mol. The number of amides is 1. The first-order valence-corrected chi connectivity index (χ1v) is 9.19. The predicted octanol–water partition coefficient (Wildman–Crippen LogP) is 3.90. The Morgan fingerprint density at radius 2 is 2.00 bits per heavy atom. The van der Waals surface area contributed by atoms with Crippen molar-refractivity contribution in [3.05, 3.63) is 63.6 Å². The maximum atomic E-state index is 13.3. The molecule has 0 radical (unpaired) electrons. The van der Waals surface area contributed by atoms with Crippen molar-refractivity contribution in [1.29, 1.82) is 0 Å². The fraction of sp³-hybridized carbons (Fsp3) is 0.300. The van der Waals surface area contributed by atoms with Crippen LogP contribution in [0.1, 0.15) is 34.8 Å². The molecule has 0 aliphatic carbocycles. The van der Waals surface area contributed by atoms with Gasteiger partial charge in [-0.25, -0.2) is 4.79 Å². The summed E-state index contributed by atoms with van der Waals surface area (Å²) >= 11 is 3.37. The van der Waals surface area contributed by atoms with E-state index in [1.54, 1.807) is 17.9 Å². The van der Waals surface area contributed by atoms with Crippen molar-refractivity contribution >= 4 is 33.5 Å². The summed E-state index contributed by atoms with van der Waals surface area (Å²) < 4.78 is 6.46. The van der Waals surface area contributed by atoms with Crippen LogP contribution in [0.3, 0.4) is 0 Å². The Bertz CT molecular complexity index is 879.